The highest BCUT2D eigenvalue weighted by Crippen LogP contribution is 2.42. The van der Waals surface area contributed by atoms with Gasteiger partial charge in [-0.05, 0) is 35.6 Å². The van der Waals surface area contributed by atoms with Gasteiger partial charge in [-0.1, -0.05) is 24.3 Å². The molecule has 0 N–H and O–H groups in total. The van der Waals surface area contributed by atoms with Crippen molar-refractivity contribution in [2.24, 2.45) is 0 Å². The lowest BCUT2D eigenvalue weighted by molar-refractivity contribution is -0.131. The zero-order valence-corrected chi connectivity index (χ0v) is 18.9. The third-order valence-corrected chi connectivity index (χ3v) is 6.95. The first-order valence-electron chi connectivity index (χ1n) is 11.1. The van der Waals surface area contributed by atoms with E-state index in [0.29, 0.717) is 45.8 Å². The summed E-state index contributed by atoms with van der Waals surface area (Å²) in [6.45, 7) is 6.57. The number of amides is 1. The number of benzene rings is 2. The molecule has 1 unspecified atom stereocenters. The summed E-state index contributed by atoms with van der Waals surface area (Å²) in [5, 5.41) is 3.42. The molecule has 0 radical (unpaired) electrons. The van der Waals surface area contributed by atoms with Gasteiger partial charge in [0.05, 0.1) is 19.8 Å². The summed E-state index contributed by atoms with van der Waals surface area (Å²) < 4.78 is 19.3. The summed E-state index contributed by atoms with van der Waals surface area (Å²) in [6, 6.07) is 12.7. The molecule has 2 aliphatic heterocycles. The van der Waals surface area contributed by atoms with Crippen molar-refractivity contribution in [3.63, 3.8) is 0 Å². The van der Waals surface area contributed by atoms with Gasteiger partial charge in [0.25, 0.3) is 0 Å². The van der Waals surface area contributed by atoms with Crippen LogP contribution in [0.25, 0.3) is 21.2 Å². The fraction of sp³-hybridized carbons (Fsp3) is 0.346. The van der Waals surface area contributed by atoms with Gasteiger partial charge < -0.3 is 19.1 Å². The molecule has 0 aliphatic carbocycles. The Morgan fingerprint density at radius 2 is 2.19 bits per heavy atom. The van der Waals surface area contributed by atoms with Gasteiger partial charge in [0.15, 0.2) is 11.5 Å². The van der Waals surface area contributed by atoms with Crippen LogP contribution < -0.4 is 9.47 Å². The Morgan fingerprint density at radius 1 is 1.28 bits per heavy atom. The van der Waals surface area contributed by atoms with Gasteiger partial charge in [-0.25, -0.2) is 0 Å². The quantitative estimate of drug-likeness (QED) is 0.471. The number of ether oxygens (including phenoxy) is 3. The van der Waals surface area contributed by atoms with Crippen molar-refractivity contribution in [2.45, 2.75) is 31.9 Å². The second kappa shape index (κ2) is 9.35. The minimum atomic E-state index is 0.0192. The van der Waals surface area contributed by atoms with E-state index in [1.165, 1.54) is 15.6 Å². The first-order chi connectivity index (χ1) is 15.7. The van der Waals surface area contributed by atoms with Crippen LogP contribution in [0.4, 0.5) is 0 Å². The van der Waals surface area contributed by atoms with Crippen molar-refractivity contribution in [3.05, 3.63) is 60.0 Å². The van der Waals surface area contributed by atoms with Crippen molar-refractivity contribution in [2.75, 3.05) is 26.4 Å². The number of allylic oxidation sites excluding steroid dienone is 1. The number of nitrogens with zero attached hydrogens (tertiary/aromatic N) is 1. The molecule has 5 nitrogen and oxygen atoms in total. The second-order valence-electron chi connectivity index (χ2n) is 8.20. The monoisotopic (exact) mass is 449 g/mol. The number of fused-ring (bicyclic) bond motifs is 2. The molecule has 3 aromatic rings. The molecule has 5 rings (SSSR count). The van der Waals surface area contributed by atoms with Crippen LogP contribution in [0, 0.1) is 0 Å². The zero-order valence-electron chi connectivity index (χ0n) is 18.0. The van der Waals surface area contributed by atoms with Gasteiger partial charge in [-0.3, -0.25) is 4.79 Å². The molecule has 1 saturated heterocycles. The summed E-state index contributed by atoms with van der Waals surface area (Å²) in [7, 11) is 0. The molecule has 2 aliphatic rings. The van der Waals surface area contributed by atoms with Gasteiger partial charge in [0, 0.05) is 40.6 Å². The van der Waals surface area contributed by atoms with E-state index in [-0.39, 0.29) is 12.0 Å². The van der Waals surface area contributed by atoms with E-state index in [0.717, 1.165) is 29.0 Å². The highest BCUT2D eigenvalue weighted by molar-refractivity contribution is 7.17. The molecule has 1 atom stereocenters. The zero-order chi connectivity index (χ0) is 21.9. The Kier molecular flexibility index (Phi) is 6.14. The Balaban J connectivity index is 1.55. The van der Waals surface area contributed by atoms with Gasteiger partial charge in [0.1, 0.15) is 12.7 Å². The third-order valence-electron chi connectivity index (χ3n) is 5.99. The van der Waals surface area contributed by atoms with E-state index in [9.17, 15) is 4.79 Å². The smallest absolute Gasteiger partial charge is 0.223 e. The lowest BCUT2D eigenvalue weighted by atomic mass is 10.0. The van der Waals surface area contributed by atoms with Crippen LogP contribution in [-0.2, 0) is 16.1 Å². The van der Waals surface area contributed by atoms with E-state index in [2.05, 4.69) is 48.4 Å². The molecule has 0 bridgehead atoms. The summed E-state index contributed by atoms with van der Waals surface area (Å²) in [5.41, 5.74) is 3.24. The van der Waals surface area contributed by atoms with E-state index in [1.807, 2.05) is 4.90 Å². The Morgan fingerprint density at radius 3 is 3.03 bits per heavy atom. The molecule has 1 aromatic heterocycles. The van der Waals surface area contributed by atoms with Gasteiger partial charge >= 0.3 is 0 Å². The maximum atomic E-state index is 12.7. The molecule has 1 amide bonds. The topological polar surface area (TPSA) is 48.0 Å². The van der Waals surface area contributed by atoms with Crippen LogP contribution in [0.2, 0.25) is 0 Å². The Hall–Kier alpha value is -2.83. The summed E-state index contributed by atoms with van der Waals surface area (Å²) >= 11 is 1.74. The van der Waals surface area contributed by atoms with Crippen LogP contribution in [-0.4, -0.2) is 43.3 Å². The Labute approximate surface area is 192 Å². The fourth-order valence-corrected chi connectivity index (χ4v) is 5.28. The highest BCUT2D eigenvalue weighted by Gasteiger charge is 2.26. The molecule has 0 saturated carbocycles. The molecule has 6 heteroatoms. The fourth-order valence-electron chi connectivity index (χ4n) is 4.31. The van der Waals surface area contributed by atoms with E-state index >= 15 is 0 Å². The van der Waals surface area contributed by atoms with Crippen LogP contribution in [0.1, 0.15) is 24.8 Å². The summed E-state index contributed by atoms with van der Waals surface area (Å²) in [6.07, 6.45) is 3.82. The average molecular weight is 450 g/mol. The van der Waals surface area contributed by atoms with Gasteiger partial charge in [-0.2, -0.15) is 0 Å². The minimum Gasteiger partial charge on any atom is -0.487 e. The van der Waals surface area contributed by atoms with Crippen molar-refractivity contribution in [1.29, 1.82) is 0 Å². The van der Waals surface area contributed by atoms with Crippen molar-refractivity contribution in [3.8, 4) is 22.6 Å². The van der Waals surface area contributed by atoms with E-state index in [1.54, 1.807) is 17.4 Å². The van der Waals surface area contributed by atoms with Crippen LogP contribution in [0.3, 0.4) is 0 Å². The number of thiophene rings is 1. The lowest BCUT2D eigenvalue weighted by Crippen LogP contribution is -2.32. The molecule has 3 heterocycles. The summed E-state index contributed by atoms with van der Waals surface area (Å²) in [5.74, 6) is 1.61. The molecule has 32 heavy (non-hydrogen) atoms. The van der Waals surface area contributed by atoms with Crippen LogP contribution in [0.15, 0.2) is 54.4 Å². The number of carbonyl (C=O) groups is 1. The van der Waals surface area contributed by atoms with E-state index < -0.39 is 0 Å². The molecule has 0 spiro atoms. The summed E-state index contributed by atoms with van der Waals surface area (Å²) in [4.78, 5) is 14.6. The largest absolute Gasteiger partial charge is 0.487 e. The van der Waals surface area contributed by atoms with Gasteiger partial charge in [-0.15, -0.1) is 17.9 Å². The van der Waals surface area contributed by atoms with Crippen molar-refractivity contribution in [1.82, 2.24) is 4.90 Å². The first-order valence-corrected chi connectivity index (χ1v) is 12.0. The first kappa shape index (κ1) is 21.0. The standard InChI is InChI=1S/C26H27NO4S/c1-2-3-8-25(28)27-10-12-30-26-19(15-27)13-18(14-23(26)31-20-9-11-29-16-20)22-17-32-24-7-5-4-6-21(22)24/h2,4-7,13-14,17,20H,1,3,8-12,15-16H2. The minimum absolute atomic E-state index is 0.0192. The predicted octanol–water partition coefficient (Wildman–Crippen LogP) is 5.42. The van der Waals surface area contributed by atoms with Gasteiger partial charge in [0.2, 0.25) is 5.91 Å². The van der Waals surface area contributed by atoms with Crippen LogP contribution >= 0.6 is 11.3 Å². The number of hydrogen-bond acceptors (Lipinski definition) is 5. The van der Waals surface area contributed by atoms with Crippen molar-refractivity contribution >= 4 is 27.3 Å². The highest BCUT2D eigenvalue weighted by atomic mass is 32.1. The van der Waals surface area contributed by atoms with Crippen molar-refractivity contribution < 1.29 is 19.0 Å². The molecule has 166 valence electrons. The maximum Gasteiger partial charge on any atom is 0.223 e. The molecule has 2 aromatic carbocycles. The number of rotatable bonds is 6. The second-order valence-corrected chi connectivity index (χ2v) is 9.11. The normalized spacial score (nSPS) is 18.1. The lowest BCUT2D eigenvalue weighted by Gasteiger charge is -2.21. The number of carbonyl (C=O) groups excluding carboxylic acids is 1. The molecule has 1 fully saturated rings. The third kappa shape index (κ3) is 4.25. The predicted molar refractivity (Wildman–Crippen MR) is 127 cm³/mol. The van der Waals surface area contributed by atoms with Crippen LogP contribution in [0.5, 0.6) is 11.5 Å². The maximum absolute atomic E-state index is 12.7. The molecular formula is C26H27NO4S. The Bertz CT molecular complexity index is 1130. The SMILES string of the molecule is C=CCCC(=O)N1CCOc2c(cc(-c3csc4ccccc34)cc2OC2CCOC2)C1. The van der Waals surface area contributed by atoms with E-state index in [4.69, 9.17) is 14.2 Å². The average Bonchev–Trinajstić information content (AvgIpc) is 3.42. The number of hydrogen-bond donors (Lipinski definition) is 0. The molecular weight excluding hydrogens is 422 g/mol.